The van der Waals surface area contributed by atoms with Gasteiger partial charge in [0, 0.05) is 30.8 Å². The van der Waals surface area contributed by atoms with Gasteiger partial charge in [0.2, 0.25) is 0 Å². The minimum Gasteiger partial charge on any atom is -0.462 e. The van der Waals surface area contributed by atoms with Crippen molar-refractivity contribution in [1.29, 1.82) is 0 Å². The zero-order valence-corrected chi connectivity index (χ0v) is 12.6. The first-order valence-corrected chi connectivity index (χ1v) is 7.99. The Kier molecular flexibility index (Phi) is 5.91. The molecule has 20 heavy (non-hydrogen) atoms. The number of methoxy groups -OCH3 is 1. The molecule has 0 aliphatic heterocycles. The third-order valence-corrected chi connectivity index (χ3v) is 3.77. The van der Waals surface area contributed by atoms with Crippen LogP contribution in [0, 0.1) is 12.7 Å². The summed E-state index contributed by atoms with van der Waals surface area (Å²) in [4.78, 5) is 11.0. The normalized spacial score (nSPS) is 11.4. The van der Waals surface area contributed by atoms with E-state index in [0.29, 0.717) is 13.0 Å². The van der Waals surface area contributed by atoms with Gasteiger partial charge in [-0.3, -0.25) is 0 Å². The summed E-state index contributed by atoms with van der Waals surface area (Å²) in [5.74, 6) is -1.72. The number of aryl methyl sites for hydroxylation is 1. The van der Waals surface area contributed by atoms with Crippen LogP contribution in [0.15, 0.2) is 17.0 Å². The molecule has 8 heteroatoms. The summed E-state index contributed by atoms with van der Waals surface area (Å²) in [7, 11) is 2.37. The van der Waals surface area contributed by atoms with E-state index < -0.39 is 25.7 Å². The molecule has 0 aromatic heterocycles. The third-order valence-electron chi connectivity index (χ3n) is 2.45. The monoisotopic (exact) mass is 324 g/mol. The quantitative estimate of drug-likeness (QED) is 0.456. The minimum absolute atomic E-state index is 0.00411. The van der Waals surface area contributed by atoms with Crippen LogP contribution in [-0.4, -0.2) is 34.7 Å². The summed E-state index contributed by atoms with van der Waals surface area (Å²) in [5, 5.41) is 0. The van der Waals surface area contributed by atoms with Crippen molar-refractivity contribution in [2.45, 2.75) is 18.2 Å². The molecule has 0 radical (unpaired) electrons. The van der Waals surface area contributed by atoms with E-state index in [1.54, 1.807) is 0 Å². The van der Waals surface area contributed by atoms with Crippen molar-refractivity contribution in [1.82, 2.24) is 0 Å². The summed E-state index contributed by atoms with van der Waals surface area (Å²) in [6.45, 7) is 1.88. The van der Waals surface area contributed by atoms with E-state index in [-0.39, 0.29) is 17.7 Å². The number of rotatable bonds is 6. The Morgan fingerprint density at radius 1 is 1.35 bits per heavy atom. The minimum atomic E-state index is -4.27. The zero-order valence-electron chi connectivity index (χ0n) is 11.0. The van der Waals surface area contributed by atoms with Crippen LogP contribution >= 0.6 is 10.7 Å². The van der Waals surface area contributed by atoms with Crippen LogP contribution in [0.1, 0.15) is 22.3 Å². The van der Waals surface area contributed by atoms with Gasteiger partial charge in [0.25, 0.3) is 9.05 Å². The molecule has 0 saturated carbocycles. The van der Waals surface area contributed by atoms with Gasteiger partial charge in [-0.2, -0.15) is 0 Å². The predicted molar refractivity (Wildman–Crippen MR) is 71.0 cm³/mol. The second kappa shape index (κ2) is 7.01. The molecule has 1 aromatic carbocycles. The summed E-state index contributed by atoms with van der Waals surface area (Å²) >= 11 is 0. The van der Waals surface area contributed by atoms with Crippen molar-refractivity contribution in [3.8, 4) is 0 Å². The zero-order chi connectivity index (χ0) is 15.3. The average molecular weight is 325 g/mol. The van der Waals surface area contributed by atoms with E-state index in [1.165, 1.54) is 20.1 Å². The molecule has 1 aromatic rings. The first kappa shape index (κ1) is 16.9. The number of hydrogen-bond acceptors (Lipinski definition) is 5. The van der Waals surface area contributed by atoms with Crippen LogP contribution in [0.5, 0.6) is 0 Å². The molecule has 112 valence electrons. The molecule has 0 aliphatic carbocycles. The SMILES string of the molecule is COCCCOC(=O)c1cc(C)c(F)c(S(=O)(=O)Cl)c1. The molecule has 0 fully saturated rings. The molecule has 0 aliphatic rings. The lowest BCUT2D eigenvalue weighted by Gasteiger charge is -2.08. The predicted octanol–water partition coefficient (Wildman–Crippen LogP) is 2.25. The Hall–Kier alpha value is -1.18. The highest BCUT2D eigenvalue weighted by molar-refractivity contribution is 8.13. The van der Waals surface area contributed by atoms with Crippen LogP contribution in [-0.2, 0) is 18.5 Å². The van der Waals surface area contributed by atoms with Gasteiger partial charge in [-0.25, -0.2) is 17.6 Å². The molecular formula is C12H14ClFO5S. The number of esters is 1. The van der Waals surface area contributed by atoms with Crippen molar-refractivity contribution < 1.29 is 27.1 Å². The molecule has 0 unspecified atom stereocenters. The van der Waals surface area contributed by atoms with E-state index >= 15 is 0 Å². The summed E-state index contributed by atoms with van der Waals surface area (Å²) in [6, 6.07) is 2.07. The highest BCUT2D eigenvalue weighted by Gasteiger charge is 2.21. The highest BCUT2D eigenvalue weighted by atomic mass is 35.7. The summed E-state index contributed by atoms with van der Waals surface area (Å²) < 4.78 is 45.8. The molecule has 0 heterocycles. The number of carbonyl (C=O) groups excluding carboxylic acids is 1. The summed E-state index contributed by atoms with van der Waals surface area (Å²) in [5.41, 5.74) is -0.0730. The lowest BCUT2D eigenvalue weighted by atomic mass is 10.1. The Morgan fingerprint density at radius 3 is 2.55 bits per heavy atom. The maximum absolute atomic E-state index is 13.7. The van der Waals surface area contributed by atoms with Crippen LogP contribution in [0.3, 0.4) is 0 Å². The van der Waals surface area contributed by atoms with Gasteiger partial charge in [-0.1, -0.05) is 0 Å². The first-order chi connectivity index (χ1) is 9.27. The molecular weight excluding hydrogens is 311 g/mol. The Labute approximate surface area is 121 Å². The molecule has 0 bridgehead atoms. The van der Waals surface area contributed by atoms with Crippen molar-refractivity contribution in [3.05, 3.63) is 29.1 Å². The molecule has 0 saturated heterocycles. The van der Waals surface area contributed by atoms with Crippen LogP contribution in [0.25, 0.3) is 0 Å². The number of benzene rings is 1. The fraction of sp³-hybridized carbons (Fsp3) is 0.417. The van der Waals surface area contributed by atoms with E-state index in [1.807, 2.05) is 0 Å². The number of carbonyl (C=O) groups is 1. The average Bonchev–Trinajstić information content (AvgIpc) is 2.36. The number of ether oxygens (including phenoxy) is 2. The third kappa shape index (κ3) is 4.43. The molecule has 0 amide bonds. The Morgan fingerprint density at radius 2 is 2.00 bits per heavy atom. The number of halogens is 2. The fourth-order valence-electron chi connectivity index (χ4n) is 1.48. The lowest BCUT2D eigenvalue weighted by Crippen LogP contribution is -2.10. The topological polar surface area (TPSA) is 69.7 Å². The molecule has 0 spiro atoms. The van der Waals surface area contributed by atoms with Gasteiger partial charge >= 0.3 is 5.97 Å². The van der Waals surface area contributed by atoms with Gasteiger partial charge in [0.15, 0.2) is 0 Å². The van der Waals surface area contributed by atoms with E-state index in [9.17, 15) is 17.6 Å². The van der Waals surface area contributed by atoms with Gasteiger partial charge in [0.05, 0.1) is 12.2 Å². The van der Waals surface area contributed by atoms with Crippen molar-refractivity contribution >= 4 is 25.7 Å². The summed E-state index contributed by atoms with van der Waals surface area (Å²) in [6.07, 6.45) is 0.503. The van der Waals surface area contributed by atoms with E-state index in [2.05, 4.69) is 0 Å². The van der Waals surface area contributed by atoms with Crippen molar-refractivity contribution in [3.63, 3.8) is 0 Å². The largest absolute Gasteiger partial charge is 0.462 e. The van der Waals surface area contributed by atoms with Gasteiger partial charge < -0.3 is 9.47 Å². The maximum Gasteiger partial charge on any atom is 0.338 e. The van der Waals surface area contributed by atoms with E-state index in [0.717, 1.165) is 6.07 Å². The molecule has 5 nitrogen and oxygen atoms in total. The van der Waals surface area contributed by atoms with Crippen LogP contribution < -0.4 is 0 Å². The van der Waals surface area contributed by atoms with Crippen LogP contribution in [0.2, 0.25) is 0 Å². The van der Waals surface area contributed by atoms with Crippen molar-refractivity contribution in [2.75, 3.05) is 20.3 Å². The van der Waals surface area contributed by atoms with Gasteiger partial charge in [-0.15, -0.1) is 0 Å². The van der Waals surface area contributed by atoms with E-state index in [4.69, 9.17) is 20.2 Å². The molecule has 1 rings (SSSR count). The van der Waals surface area contributed by atoms with Gasteiger partial charge in [0.1, 0.15) is 10.7 Å². The lowest BCUT2D eigenvalue weighted by molar-refractivity contribution is 0.0468. The standard InChI is InChI=1S/C12H14ClFO5S/c1-8-6-9(12(15)19-5-3-4-18-2)7-10(11(8)14)20(13,16)17/h6-7H,3-5H2,1-2H3. The molecule has 0 N–H and O–H groups in total. The first-order valence-electron chi connectivity index (χ1n) is 5.68. The smallest absolute Gasteiger partial charge is 0.338 e. The maximum atomic E-state index is 13.7. The number of hydrogen-bond donors (Lipinski definition) is 0. The fourth-order valence-corrected chi connectivity index (χ4v) is 2.46. The Bertz CT molecular complexity index is 600. The highest BCUT2D eigenvalue weighted by Crippen LogP contribution is 2.23. The van der Waals surface area contributed by atoms with Gasteiger partial charge in [-0.05, 0) is 24.6 Å². The Balaban J connectivity index is 2.97. The second-order valence-electron chi connectivity index (χ2n) is 4.03. The van der Waals surface area contributed by atoms with Crippen LogP contribution in [0.4, 0.5) is 4.39 Å². The second-order valence-corrected chi connectivity index (χ2v) is 6.56. The van der Waals surface area contributed by atoms with Crippen molar-refractivity contribution in [2.24, 2.45) is 0 Å². The molecule has 0 atom stereocenters.